The molecular weight excluding hydrogens is 164 g/mol. The molecule has 1 saturated heterocycles. The van der Waals surface area contributed by atoms with Crippen molar-refractivity contribution in [3.8, 4) is 0 Å². The normalized spacial score (nSPS) is 33.5. The Balaban J connectivity index is 1.89. The highest BCUT2D eigenvalue weighted by molar-refractivity contribution is 4.82. The quantitative estimate of drug-likeness (QED) is 0.607. The first-order chi connectivity index (χ1) is 6.38. The van der Waals surface area contributed by atoms with Gasteiger partial charge in [0, 0.05) is 6.54 Å². The summed E-state index contributed by atoms with van der Waals surface area (Å²) in [6.45, 7) is 1.63. The van der Waals surface area contributed by atoms with Crippen LogP contribution in [-0.4, -0.2) is 29.5 Å². The second-order valence-electron chi connectivity index (χ2n) is 4.37. The molecule has 13 heavy (non-hydrogen) atoms. The third kappa shape index (κ3) is 2.22. The van der Waals surface area contributed by atoms with E-state index in [0.29, 0.717) is 12.7 Å². The summed E-state index contributed by atoms with van der Waals surface area (Å²) in [6.07, 6.45) is 8.11. The first-order valence-electron chi connectivity index (χ1n) is 5.54. The van der Waals surface area contributed by atoms with Crippen LogP contribution in [0.25, 0.3) is 0 Å². The molecule has 1 saturated carbocycles. The lowest BCUT2D eigenvalue weighted by Crippen LogP contribution is -2.34. The highest BCUT2D eigenvalue weighted by Gasteiger charge is 2.30. The number of hydroxylamine groups is 2. The van der Waals surface area contributed by atoms with Gasteiger partial charge < -0.3 is 10.5 Å². The van der Waals surface area contributed by atoms with Gasteiger partial charge in [-0.05, 0) is 18.8 Å². The van der Waals surface area contributed by atoms with E-state index >= 15 is 0 Å². The van der Waals surface area contributed by atoms with Crippen molar-refractivity contribution >= 4 is 0 Å². The molecule has 2 rings (SSSR count). The van der Waals surface area contributed by atoms with Gasteiger partial charge in [0.15, 0.2) is 0 Å². The summed E-state index contributed by atoms with van der Waals surface area (Å²) in [4.78, 5) is 0. The SMILES string of the molecule is ON1CNCC1C1CCCCCC1. The molecule has 0 spiro atoms. The van der Waals surface area contributed by atoms with Crippen LogP contribution in [0.4, 0.5) is 0 Å². The van der Waals surface area contributed by atoms with Crippen LogP contribution in [0.1, 0.15) is 38.5 Å². The van der Waals surface area contributed by atoms with Crippen molar-refractivity contribution in [3.05, 3.63) is 0 Å². The van der Waals surface area contributed by atoms with Crippen LogP contribution >= 0.6 is 0 Å². The topological polar surface area (TPSA) is 35.5 Å². The van der Waals surface area contributed by atoms with Crippen molar-refractivity contribution in [1.82, 2.24) is 10.4 Å². The predicted molar refractivity (Wildman–Crippen MR) is 51.5 cm³/mol. The van der Waals surface area contributed by atoms with E-state index in [1.54, 1.807) is 0 Å². The molecule has 2 N–H and O–H groups in total. The highest BCUT2D eigenvalue weighted by Crippen LogP contribution is 2.28. The fourth-order valence-corrected chi connectivity index (χ4v) is 2.66. The van der Waals surface area contributed by atoms with Gasteiger partial charge in [0.05, 0.1) is 12.7 Å². The molecule has 0 aromatic heterocycles. The van der Waals surface area contributed by atoms with Gasteiger partial charge in [0.25, 0.3) is 0 Å². The molecule has 1 atom stereocenters. The number of nitrogens with one attached hydrogen (secondary N) is 1. The molecule has 0 aromatic carbocycles. The minimum absolute atomic E-state index is 0.387. The Bertz CT molecular complexity index is 155. The molecule has 2 aliphatic rings. The summed E-state index contributed by atoms with van der Waals surface area (Å²) < 4.78 is 0. The van der Waals surface area contributed by atoms with Crippen LogP contribution in [0, 0.1) is 5.92 Å². The fourth-order valence-electron chi connectivity index (χ4n) is 2.66. The zero-order valence-electron chi connectivity index (χ0n) is 8.21. The van der Waals surface area contributed by atoms with E-state index in [9.17, 15) is 5.21 Å². The standard InChI is InChI=1S/C10H20N2O/c13-12-8-11-7-10(12)9-5-3-1-2-4-6-9/h9-11,13H,1-8H2. The van der Waals surface area contributed by atoms with E-state index in [-0.39, 0.29) is 0 Å². The van der Waals surface area contributed by atoms with E-state index < -0.39 is 0 Å². The second kappa shape index (κ2) is 4.40. The van der Waals surface area contributed by atoms with Crippen molar-refractivity contribution < 1.29 is 5.21 Å². The number of hydrogen-bond donors (Lipinski definition) is 2. The Morgan fingerprint density at radius 1 is 1.08 bits per heavy atom. The van der Waals surface area contributed by atoms with Gasteiger partial charge in [-0.15, -0.1) is 0 Å². The summed E-state index contributed by atoms with van der Waals surface area (Å²) >= 11 is 0. The van der Waals surface area contributed by atoms with Gasteiger partial charge in [-0.2, -0.15) is 5.06 Å². The molecule has 1 heterocycles. The van der Waals surface area contributed by atoms with E-state index in [1.165, 1.54) is 43.6 Å². The molecule has 1 aliphatic carbocycles. The van der Waals surface area contributed by atoms with Crippen LogP contribution < -0.4 is 5.32 Å². The summed E-state index contributed by atoms with van der Waals surface area (Å²) in [6, 6.07) is 0.387. The lowest BCUT2D eigenvalue weighted by Gasteiger charge is -2.25. The van der Waals surface area contributed by atoms with Crippen LogP contribution in [0.3, 0.4) is 0 Å². The van der Waals surface area contributed by atoms with Crippen LogP contribution in [0.5, 0.6) is 0 Å². The Hall–Kier alpha value is -0.120. The van der Waals surface area contributed by atoms with E-state index in [0.717, 1.165) is 12.5 Å². The summed E-state index contributed by atoms with van der Waals surface area (Å²) in [5.74, 6) is 0.725. The smallest absolute Gasteiger partial charge is 0.0733 e. The maximum absolute atomic E-state index is 9.60. The number of hydrogen-bond acceptors (Lipinski definition) is 3. The van der Waals surface area contributed by atoms with E-state index in [4.69, 9.17) is 0 Å². The largest absolute Gasteiger partial charge is 0.312 e. The van der Waals surface area contributed by atoms with Gasteiger partial charge >= 0.3 is 0 Å². The third-order valence-electron chi connectivity index (χ3n) is 3.45. The molecule has 76 valence electrons. The zero-order chi connectivity index (χ0) is 9.10. The van der Waals surface area contributed by atoms with Crippen molar-refractivity contribution in [1.29, 1.82) is 0 Å². The summed E-state index contributed by atoms with van der Waals surface area (Å²) in [5.41, 5.74) is 0. The van der Waals surface area contributed by atoms with E-state index in [2.05, 4.69) is 5.32 Å². The van der Waals surface area contributed by atoms with Crippen molar-refractivity contribution in [2.45, 2.75) is 44.6 Å². The summed E-state index contributed by atoms with van der Waals surface area (Å²) in [5, 5.41) is 14.3. The van der Waals surface area contributed by atoms with Gasteiger partial charge in [-0.25, -0.2) is 0 Å². The van der Waals surface area contributed by atoms with Gasteiger partial charge in [-0.3, -0.25) is 0 Å². The molecule has 3 nitrogen and oxygen atoms in total. The molecule has 0 radical (unpaired) electrons. The Kier molecular flexibility index (Phi) is 3.19. The molecule has 2 fully saturated rings. The Labute approximate surface area is 80.1 Å². The first-order valence-corrected chi connectivity index (χ1v) is 5.54. The second-order valence-corrected chi connectivity index (χ2v) is 4.37. The minimum atomic E-state index is 0.387. The molecule has 0 amide bonds. The first kappa shape index (κ1) is 9.44. The zero-order valence-corrected chi connectivity index (χ0v) is 8.21. The molecule has 0 aromatic rings. The van der Waals surface area contributed by atoms with Gasteiger partial charge in [0.2, 0.25) is 0 Å². The molecule has 0 bridgehead atoms. The number of rotatable bonds is 1. The molecular formula is C10H20N2O. The Morgan fingerprint density at radius 3 is 2.31 bits per heavy atom. The van der Waals surface area contributed by atoms with Crippen molar-refractivity contribution in [2.75, 3.05) is 13.2 Å². The lowest BCUT2D eigenvalue weighted by atomic mass is 9.92. The van der Waals surface area contributed by atoms with Gasteiger partial charge in [-0.1, -0.05) is 25.7 Å². The molecule has 1 unspecified atom stereocenters. The van der Waals surface area contributed by atoms with Crippen molar-refractivity contribution in [3.63, 3.8) is 0 Å². The lowest BCUT2D eigenvalue weighted by molar-refractivity contribution is -0.117. The maximum Gasteiger partial charge on any atom is 0.0733 e. The maximum atomic E-state index is 9.60. The third-order valence-corrected chi connectivity index (χ3v) is 3.45. The monoisotopic (exact) mass is 184 g/mol. The number of nitrogens with zero attached hydrogens (tertiary/aromatic N) is 1. The van der Waals surface area contributed by atoms with Crippen LogP contribution in [-0.2, 0) is 0 Å². The predicted octanol–water partition coefficient (Wildman–Crippen LogP) is 1.58. The Morgan fingerprint density at radius 2 is 1.77 bits per heavy atom. The van der Waals surface area contributed by atoms with Gasteiger partial charge in [0.1, 0.15) is 0 Å². The van der Waals surface area contributed by atoms with Crippen LogP contribution in [0.2, 0.25) is 0 Å². The average molecular weight is 184 g/mol. The molecule has 1 aliphatic heterocycles. The van der Waals surface area contributed by atoms with E-state index in [1.807, 2.05) is 0 Å². The van der Waals surface area contributed by atoms with Crippen LogP contribution in [0.15, 0.2) is 0 Å². The highest BCUT2D eigenvalue weighted by atomic mass is 16.5. The minimum Gasteiger partial charge on any atom is -0.312 e. The van der Waals surface area contributed by atoms with Crippen molar-refractivity contribution in [2.24, 2.45) is 5.92 Å². The summed E-state index contributed by atoms with van der Waals surface area (Å²) in [7, 11) is 0. The average Bonchev–Trinajstić information content (AvgIpc) is 2.43. The molecule has 3 heteroatoms. The fraction of sp³-hybridized carbons (Fsp3) is 1.00.